The molecule has 0 saturated carbocycles. The maximum Gasteiger partial charge on any atom is 0.272 e. The van der Waals surface area contributed by atoms with Crippen molar-refractivity contribution >= 4 is 11.8 Å². The number of hydrogen-bond acceptors (Lipinski definition) is 5. The van der Waals surface area contributed by atoms with Crippen molar-refractivity contribution in [3.8, 4) is 12.3 Å². The molecule has 1 saturated heterocycles. The zero-order chi connectivity index (χ0) is 19.3. The van der Waals surface area contributed by atoms with Gasteiger partial charge < -0.3 is 10.2 Å². The van der Waals surface area contributed by atoms with Crippen LogP contribution in [-0.4, -0.2) is 47.0 Å². The number of aryl methyl sites for hydroxylation is 1. The van der Waals surface area contributed by atoms with Crippen molar-refractivity contribution in [1.29, 1.82) is 0 Å². The molecule has 0 unspecified atom stereocenters. The molecule has 1 N–H and O–H groups in total. The SMILES string of the molecule is C#CCCC1(CCNC(=O)[C@H]2CCCN(C(=O)c3cccc(C)n3)C2)N=N1. The smallest absolute Gasteiger partial charge is 0.272 e. The number of aromatic nitrogens is 1. The molecule has 0 aromatic carbocycles. The van der Waals surface area contributed by atoms with Crippen molar-refractivity contribution in [2.75, 3.05) is 19.6 Å². The second kappa shape index (κ2) is 8.30. The molecular weight excluding hydrogens is 342 g/mol. The van der Waals surface area contributed by atoms with Gasteiger partial charge in [-0.05, 0) is 31.9 Å². The Balaban J connectivity index is 1.48. The van der Waals surface area contributed by atoms with Crippen LogP contribution in [0.4, 0.5) is 0 Å². The van der Waals surface area contributed by atoms with E-state index in [1.807, 2.05) is 19.1 Å². The van der Waals surface area contributed by atoms with Crippen LogP contribution in [0.5, 0.6) is 0 Å². The van der Waals surface area contributed by atoms with Crippen LogP contribution in [0.1, 0.15) is 48.3 Å². The largest absolute Gasteiger partial charge is 0.356 e. The van der Waals surface area contributed by atoms with E-state index in [0.29, 0.717) is 38.2 Å². The minimum atomic E-state index is -0.384. The predicted octanol–water partition coefficient (Wildman–Crippen LogP) is 2.32. The van der Waals surface area contributed by atoms with Crippen LogP contribution in [0.25, 0.3) is 0 Å². The summed E-state index contributed by atoms with van der Waals surface area (Å²) in [5, 5.41) is 11.1. The highest BCUT2D eigenvalue weighted by Gasteiger charge is 2.39. The van der Waals surface area contributed by atoms with Gasteiger partial charge in [0, 0.05) is 44.6 Å². The van der Waals surface area contributed by atoms with E-state index in [2.05, 4.69) is 26.4 Å². The molecule has 7 nitrogen and oxygen atoms in total. The van der Waals surface area contributed by atoms with Crippen LogP contribution in [-0.2, 0) is 4.79 Å². The van der Waals surface area contributed by atoms with E-state index < -0.39 is 0 Å². The van der Waals surface area contributed by atoms with Gasteiger partial charge in [-0.2, -0.15) is 10.2 Å². The van der Waals surface area contributed by atoms with E-state index in [4.69, 9.17) is 6.42 Å². The maximum atomic E-state index is 12.7. The van der Waals surface area contributed by atoms with Gasteiger partial charge in [0.05, 0.1) is 5.92 Å². The van der Waals surface area contributed by atoms with Crippen molar-refractivity contribution in [3.63, 3.8) is 0 Å². The number of likely N-dealkylation sites (tertiary alicyclic amines) is 1. The van der Waals surface area contributed by atoms with Crippen LogP contribution in [0.2, 0.25) is 0 Å². The highest BCUT2D eigenvalue weighted by molar-refractivity contribution is 5.93. The predicted molar refractivity (Wildman–Crippen MR) is 101 cm³/mol. The number of carbonyl (C=O) groups is 2. The molecule has 2 amide bonds. The number of piperidine rings is 1. The molecule has 0 spiro atoms. The van der Waals surface area contributed by atoms with Crippen LogP contribution < -0.4 is 5.32 Å². The molecule has 2 aliphatic rings. The first kappa shape index (κ1) is 19.0. The highest BCUT2D eigenvalue weighted by Crippen LogP contribution is 2.36. The van der Waals surface area contributed by atoms with E-state index in [0.717, 1.165) is 25.0 Å². The Kier molecular flexibility index (Phi) is 5.84. The molecule has 27 heavy (non-hydrogen) atoms. The lowest BCUT2D eigenvalue weighted by Crippen LogP contribution is -2.46. The molecule has 2 aliphatic heterocycles. The molecular formula is C20H25N5O2. The summed E-state index contributed by atoms with van der Waals surface area (Å²) in [6.45, 7) is 3.46. The van der Waals surface area contributed by atoms with Gasteiger partial charge in [0.25, 0.3) is 5.91 Å². The zero-order valence-corrected chi connectivity index (χ0v) is 15.6. The lowest BCUT2D eigenvalue weighted by atomic mass is 9.96. The topological polar surface area (TPSA) is 87.0 Å². The number of nitrogens with zero attached hydrogens (tertiary/aromatic N) is 4. The lowest BCUT2D eigenvalue weighted by molar-refractivity contribution is -0.126. The summed E-state index contributed by atoms with van der Waals surface area (Å²) < 4.78 is 0. The second-order valence-corrected chi connectivity index (χ2v) is 7.18. The van der Waals surface area contributed by atoms with Gasteiger partial charge in [-0.25, -0.2) is 4.98 Å². The fourth-order valence-corrected chi connectivity index (χ4v) is 3.40. The quantitative estimate of drug-likeness (QED) is 0.750. The van der Waals surface area contributed by atoms with E-state index >= 15 is 0 Å². The number of carbonyl (C=O) groups excluding carboxylic acids is 2. The number of rotatable bonds is 7. The Morgan fingerprint density at radius 1 is 1.37 bits per heavy atom. The minimum Gasteiger partial charge on any atom is -0.356 e. The Hall–Kier alpha value is -2.75. The van der Waals surface area contributed by atoms with Crippen molar-refractivity contribution in [2.24, 2.45) is 16.1 Å². The summed E-state index contributed by atoms with van der Waals surface area (Å²) in [6.07, 6.45) is 8.92. The van der Waals surface area contributed by atoms with Crippen molar-refractivity contribution < 1.29 is 9.59 Å². The average molecular weight is 367 g/mol. The average Bonchev–Trinajstić information content (AvgIpc) is 3.46. The molecule has 0 aliphatic carbocycles. The molecule has 1 atom stereocenters. The number of pyridine rings is 1. The van der Waals surface area contributed by atoms with E-state index in [1.54, 1.807) is 11.0 Å². The molecule has 1 aromatic rings. The summed E-state index contributed by atoms with van der Waals surface area (Å²) >= 11 is 0. The van der Waals surface area contributed by atoms with Gasteiger partial charge in [0.1, 0.15) is 5.69 Å². The first-order valence-electron chi connectivity index (χ1n) is 9.41. The normalized spacial score (nSPS) is 20.0. The number of hydrogen-bond donors (Lipinski definition) is 1. The third-order valence-corrected chi connectivity index (χ3v) is 5.06. The van der Waals surface area contributed by atoms with E-state index in [9.17, 15) is 9.59 Å². The summed E-state index contributed by atoms with van der Waals surface area (Å²) in [7, 11) is 0. The maximum absolute atomic E-state index is 12.7. The van der Waals surface area contributed by atoms with Crippen LogP contribution >= 0.6 is 0 Å². The highest BCUT2D eigenvalue weighted by atomic mass is 16.2. The second-order valence-electron chi connectivity index (χ2n) is 7.18. The number of nitrogens with one attached hydrogen (secondary N) is 1. The van der Waals surface area contributed by atoms with Gasteiger partial charge in [-0.15, -0.1) is 12.3 Å². The van der Waals surface area contributed by atoms with Crippen LogP contribution in [0.3, 0.4) is 0 Å². The molecule has 0 radical (unpaired) electrons. The molecule has 7 heteroatoms. The third kappa shape index (κ3) is 4.91. The number of amides is 2. The molecule has 3 rings (SSSR count). The van der Waals surface area contributed by atoms with Crippen LogP contribution in [0.15, 0.2) is 28.4 Å². The van der Waals surface area contributed by atoms with Crippen LogP contribution in [0, 0.1) is 25.2 Å². The lowest BCUT2D eigenvalue weighted by Gasteiger charge is -2.32. The minimum absolute atomic E-state index is 0.0162. The van der Waals surface area contributed by atoms with Gasteiger partial charge >= 0.3 is 0 Å². The number of terminal acetylenes is 1. The van der Waals surface area contributed by atoms with E-state index in [1.165, 1.54) is 0 Å². The van der Waals surface area contributed by atoms with Gasteiger partial charge in [0.15, 0.2) is 5.66 Å². The molecule has 1 fully saturated rings. The first-order valence-corrected chi connectivity index (χ1v) is 9.41. The van der Waals surface area contributed by atoms with Gasteiger partial charge in [-0.1, -0.05) is 6.07 Å². The Morgan fingerprint density at radius 3 is 2.89 bits per heavy atom. The Bertz CT molecular complexity index is 777. The summed E-state index contributed by atoms with van der Waals surface area (Å²) in [5.41, 5.74) is 0.857. The van der Waals surface area contributed by atoms with Gasteiger partial charge in [0.2, 0.25) is 5.91 Å². The molecule has 0 bridgehead atoms. The Morgan fingerprint density at radius 2 is 2.19 bits per heavy atom. The standard InChI is InChI=1S/C20H25N5O2/c1-3-4-10-20(23-24-20)11-12-21-18(26)16-8-6-13-25(14-16)19(27)17-9-5-7-15(2)22-17/h1,5,7,9,16H,4,6,8,10-14H2,2H3,(H,21,26)/t16-/m0/s1. The summed E-state index contributed by atoms with van der Waals surface area (Å²) in [6, 6.07) is 5.41. The fraction of sp³-hybridized carbons (Fsp3) is 0.550. The van der Waals surface area contributed by atoms with E-state index in [-0.39, 0.29) is 23.4 Å². The van der Waals surface area contributed by atoms with Crippen molar-refractivity contribution in [3.05, 3.63) is 29.6 Å². The van der Waals surface area contributed by atoms with Crippen molar-refractivity contribution in [2.45, 2.75) is 44.7 Å². The van der Waals surface area contributed by atoms with Crippen molar-refractivity contribution in [1.82, 2.24) is 15.2 Å². The fourth-order valence-electron chi connectivity index (χ4n) is 3.40. The zero-order valence-electron chi connectivity index (χ0n) is 15.6. The molecule has 142 valence electrons. The molecule has 3 heterocycles. The summed E-state index contributed by atoms with van der Waals surface area (Å²) in [4.78, 5) is 31.2. The monoisotopic (exact) mass is 367 g/mol. The Labute approximate surface area is 159 Å². The first-order chi connectivity index (χ1) is 13.0. The molecule has 1 aromatic heterocycles. The third-order valence-electron chi connectivity index (χ3n) is 5.06. The summed E-state index contributed by atoms with van der Waals surface area (Å²) in [5.74, 6) is 2.28. The van der Waals surface area contributed by atoms with Gasteiger partial charge in [-0.3, -0.25) is 9.59 Å².